The van der Waals surface area contributed by atoms with Gasteiger partial charge >= 0.3 is 0 Å². The average molecular weight is 377 g/mol. The summed E-state index contributed by atoms with van der Waals surface area (Å²) in [4.78, 5) is 2.22. The van der Waals surface area contributed by atoms with Crippen LogP contribution in [-0.2, 0) is 14.6 Å². The Labute approximate surface area is 156 Å². The standard InChI is InChI=1S/C20H28N2O3S/c1-26(23,24)20-8-4-18(5-9-20)17-2-6-19(7-3-17)25-14-16-10-12-22(15-21)13-11-16/h4-5,8-9,16-17,19H,2-3,6-7,10-14H2,1H3. The molecule has 1 saturated carbocycles. The maximum absolute atomic E-state index is 11.6. The smallest absolute Gasteiger partial charge is 0.179 e. The van der Waals surface area contributed by atoms with E-state index in [0.29, 0.717) is 22.8 Å². The fourth-order valence-electron chi connectivity index (χ4n) is 4.02. The number of sulfone groups is 1. The summed E-state index contributed by atoms with van der Waals surface area (Å²) in [5, 5.41) is 8.90. The van der Waals surface area contributed by atoms with Crippen LogP contribution in [0.5, 0.6) is 0 Å². The van der Waals surface area contributed by atoms with Gasteiger partial charge in [0, 0.05) is 26.0 Å². The number of piperidine rings is 1. The summed E-state index contributed by atoms with van der Waals surface area (Å²) in [7, 11) is -3.12. The van der Waals surface area contributed by atoms with Gasteiger partial charge in [0.25, 0.3) is 0 Å². The second-order valence-electron chi connectivity index (χ2n) is 7.68. The van der Waals surface area contributed by atoms with Gasteiger partial charge in [0.15, 0.2) is 16.0 Å². The van der Waals surface area contributed by atoms with E-state index in [2.05, 4.69) is 6.19 Å². The zero-order chi connectivity index (χ0) is 18.6. The molecule has 0 aromatic heterocycles. The molecule has 1 aliphatic heterocycles. The molecule has 3 rings (SSSR count). The van der Waals surface area contributed by atoms with E-state index in [1.165, 1.54) is 11.8 Å². The molecular weight excluding hydrogens is 348 g/mol. The lowest BCUT2D eigenvalue weighted by Gasteiger charge is -2.32. The number of ether oxygens (including phenoxy) is 1. The second kappa shape index (κ2) is 8.41. The SMILES string of the molecule is CS(=O)(=O)c1ccc(C2CCC(OCC3CCN(C#N)CC3)CC2)cc1. The van der Waals surface area contributed by atoms with Crippen molar-refractivity contribution in [2.45, 2.75) is 55.4 Å². The molecule has 0 amide bonds. The highest BCUT2D eigenvalue weighted by atomic mass is 32.2. The van der Waals surface area contributed by atoms with Gasteiger partial charge in [0.1, 0.15) is 0 Å². The molecule has 1 aromatic carbocycles. The fourth-order valence-corrected chi connectivity index (χ4v) is 4.65. The normalized spacial score (nSPS) is 25.0. The van der Waals surface area contributed by atoms with Crippen molar-refractivity contribution in [3.05, 3.63) is 29.8 Å². The zero-order valence-electron chi connectivity index (χ0n) is 15.4. The molecule has 142 valence electrons. The van der Waals surface area contributed by atoms with Gasteiger partial charge in [-0.05, 0) is 68.1 Å². The van der Waals surface area contributed by atoms with Gasteiger partial charge in [-0.2, -0.15) is 5.26 Å². The first-order valence-electron chi connectivity index (χ1n) is 9.52. The molecular formula is C20H28N2O3S. The van der Waals surface area contributed by atoms with Crippen molar-refractivity contribution in [2.24, 2.45) is 5.92 Å². The summed E-state index contributed by atoms with van der Waals surface area (Å²) in [6, 6.07) is 7.37. The van der Waals surface area contributed by atoms with Crippen LogP contribution in [0, 0.1) is 17.4 Å². The van der Waals surface area contributed by atoms with E-state index in [-0.39, 0.29) is 0 Å². The van der Waals surface area contributed by atoms with Crippen LogP contribution < -0.4 is 0 Å². The molecule has 2 aliphatic rings. The summed E-state index contributed by atoms with van der Waals surface area (Å²) in [5.74, 6) is 1.09. The number of nitrogens with zero attached hydrogens (tertiary/aromatic N) is 2. The zero-order valence-corrected chi connectivity index (χ0v) is 16.2. The Morgan fingerprint density at radius 3 is 2.23 bits per heavy atom. The molecule has 1 saturated heterocycles. The largest absolute Gasteiger partial charge is 0.378 e. The van der Waals surface area contributed by atoms with E-state index >= 15 is 0 Å². The van der Waals surface area contributed by atoms with E-state index in [1.807, 2.05) is 17.0 Å². The van der Waals surface area contributed by atoms with Gasteiger partial charge in [-0.25, -0.2) is 8.42 Å². The lowest BCUT2D eigenvalue weighted by molar-refractivity contribution is -0.00469. The van der Waals surface area contributed by atoms with Crippen molar-refractivity contribution < 1.29 is 13.2 Å². The van der Waals surface area contributed by atoms with E-state index in [1.54, 1.807) is 12.1 Å². The van der Waals surface area contributed by atoms with Gasteiger partial charge in [-0.3, -0.25) is 0 Å². The number of rotatable bonds is 5. The van der Waals surface area contributed by atoms with E-state index < -0.39 is 9.84 Å². The predicted molar refractivity (Wildman–Crippen MR) is 100 cm³/mol. The third-order valence-electron chi connectivity index (χ3n) is 5.78. The predicted octanol–water partition coefficient (Wildman–Crippen LogP) is 3.33. The quantitative estimate of drug-likeness (QED) is 0.737. The maximum atomic E-state index is 11.6. The molecule has 26 heavy (non-hydrogen) atoms. The number of hydrogen-bond acceptors (Lipinski definition) is 5. The molecule has 6 heteroatoms. The van der Waals surface area contributed by atoms with E-state index in [4.69, 9.17) is 10.00 Å². The van der Waals surface area contributed by atoms with E-state index in [9.17, 15) is 8.42 Å². The second-order valence-corrected chi connectivity index (χ2v) is 9.69. The lowest BCUT2D eigenvalue weighted by Crippen LogP contribution is -2.33. The van der Waals surface area contributed by atoms with Crippen LogP contribution in [0.25, 0.3) is 0 Å². The first-order chi connectivity index (χ1) is 12.5. The summed E-state index contributed by atoms with van der Waals surface area (Å²) in [5.41, 5.74) is 1.24. The molecule has 0 radical (unpaired) electrons. The summed E-state index contributed by atoms with van der Waals surface area (Å²) < 4.78 is 29.3. The summed E-state index contributed by atoms with van der Waals surface area (Å²) >= 11 is 0. The highest BCUT2D eigenvalue weighted by Crippen LogP contribution is 2.34. The maximum Gasteiger partial charge on any atom is 0.179 e. The number of likely N-dealkylation sites (tertiary alicyclic amines) is 1. The van der Waals surface area contributed by atoms with Crippen LogP contribution >= 0.6 is 0 Å². The minimum absolute atomic E-state index is 0.343. The van der Waals surface area contributed by atoms with E-state index in [0.717, 1.165) is 58.2 Å². The molecule has 1 aromatic rings. The van der Waals surface area contributed by atoms with Crippen molar-refractivity contribution >= 4 is 9.84 Å². The number of hydrogen-bond donors (Lipinski definition) is 0. The molecule has 1 aliphatic carbocycles. The minimum Gasteiger partial charge on any atom is -0.378 e. The topological polar surface area (TPSA) is 70.4 Å². The van der Waals surface area contributed by atoms with Crippen LogP contribution in [0.4, 0.5) is 0 Å². The summed E-state index contributed by atoms with van der Waals surface area (Å²) in [6.45, 7) is 2.54. The van der Waals surface area contributed by atoms with Crippen molar-refractivity contribution in [1.29, 1.82) is 5.26 Å². The van der Waals surface area contributed by atoms with Crippen LogP contribution in [0.3, 0.4) is 0 Å². The first-order valence-corrected chi connectivity index (χ1v) is 11.4. The Kier molecular flexibility index (Phi) is 6.20. The summed E-state index contributed by atoms with van der Waals surface area (Å²) in [6.07, 6.45) is 10.2. The molecule has 0 unspecified atom stereocenters. The van der Waals surface area contributed by atoms with Crippen molar-refractivity contribution in [2.75, 3.05) is 26.0 Å². The minimum atomic E-state index is -3.12. The van der Waals surface area contributed by atoms with Gasteiger partial charge in [0.2, 0.25) is 0 Å². The van der Waals surface area contributed by atoms with Gasteiger partial charge in [-0.1, -0.05) is 12.1 Å². The average Bonchev–Trinajstić information content (AvgIpc) is 2.66. The highest BCUT2D eigenvalue weighted by Gasteiger charge is 2.25. The Balaban J connectivity index is 1.42. The van der Waals surface area contributed by atoms with Gasteiger partial charge in [-0.15, -0.1) is 0 Å². The Morgan fingerprint density at radius 1 is 1.08 bits per heavy atom. The Hall–Kier alpha value is -1.58. The molecule has 0 spiro atoms. The Bertz CT molecular complexity index is 723. The molecule has 0 atom stereocenters. The fraction of sp³-hybridized carbons (Fsp3) is 0.650. The third-order valence-corrected chi connectivity index (χ3v) is 6.91. The van der Waals surface area contributed by atoms with Crippen LogP contribution in [0.2, 0.25) is 0 Å². The number of nitriles is 1. The molecule has 1 heterocycles. The molecule has 2 fully saturated rings. The molecule has 5 nitrogen and oxygen atoms in total. The van der Waals surface area contributed by atoms with Crippen LogP contribution in [-0.4, -0.2) is 45.4 Å². The van der Waals surface area contributed by atoms with Crippen molar-refractivity contribution in [3.63, 3.8) is 0 Å². The molecule has 0 bridgehead atoms. The van der Waals surface area contributed by atoms with Gasteiger partial charge in [0.05, 0.1) is 11.0 Å². The molecule has 0 N–H and O–H groups in total. The Morgan fingerprint density at radius 2 is 1.69 bits per heavy atom. The van der Waals surface area contributed by atoms with Crippen molar-refractivity contribution in [1.82, 2.24) is 4.90 Å². The van der Waals surface area contributed by atoms with Gasteiger partial charge < -0.3 is 9.64 Å². The monoisotopic (exact) mass is 376 g/mol. The first kappa shape index (κ1) is 19.2. The van der Waals surface area contributed by atoms with Crippen LogP contribution in [0.15, 0.2) is 29.2 Å². The number of benzene rings is 1. The van der Waals surface area contributed by atoms with Crippen molar-refractivity contribution in [3.8, 4) is 6.19 Å². The lowest BCUT2D eigenvalue weighted by atomic mass is 9.83. The highest BCUT2D eigenvalue weighted by molar-refractivity contribution is 7.90. The third kappa shape index (κ3) is 4.99. The van der Waals surface area contributed by atoms with Crippen LogP contribution in [0.1, 0.15) is 50.0 Å².